The van der Waals surface area contributed by atoms with E-state index in [2.05, 4.69) is 297 Å². The van der Waals surface area contributed by atoms with E-state index in [0.29, 0.717) is 6.67 Å². The Morgan fingerprint density at radius 2 is 0.948 bits per heavy atom. The summed E-state index contributed by atoms with van der Waals surface area (Å²) in [7, 11) is 0. The molecule has 5 heteroatoms. The highest BCUT2D eigenvalue weighted by Crippen LogP contribution is 2.59. The number of hydrogen-bond donors (Lipinski definition) is 0. The van der Waals surface area contributed by atoms with Gasteiger partial charge in [0.1, 0.15) is 24.0 Å². The van der Waals surface area contributed by atoms with Gasteiger partial charge in [-0.05, 0) is 135 Å². The Morgan fingerprint density at radius 3 is 1.53 bits per heavy atom. The zero-order chi connectivity index (χ0) is 53.8. The summed E-state index contributed by atoms with van der Waals surface area (Å²) in [6.45, 7) is 26.9. The average Bonchev–Trinajstić information content (AvgIpc) is 4.20. The van der Waals surface area contributed by atoms with Crippen LogP contribution in [0.5, 0.6) is 11.5 Å². The van der Waals surface area contributed by atoms with Crippen molar-refractivity contribution >= 4 is 44.6 Å². The van der Waals surface area contributed by atoms with Crippen molar-refractivity contribution in [1.82, 2.24) is 9.55 Å². The quantitative estimate of drug-likeness (QED) is 0.109. The van der Waals surface area contributed by atoms with Crippen LogP contribution in [0.1, 0.15) is 104 Å². The Morgan fingerprint density at radius 1 is 0.429 bits per heavy atom. The molecule has 1 aliphatic rings. The van der Waals surface area contributed by atoms with Gasteiger partial charge < -0.3 is 14.5 Å². The predicted molar refractivity (Wildman–Crippen MR) is 325 cm³/mol. The molecule has 388 valence electrons. The molecule has 0 unspecified atom stereocenters. The molecule has 0 saturated heterocycles. The molecule has 0 spiro atoms. The van der Waals surface area contributed by atoms with Gasteiger partial charge in [0, 0.05) is 45.6 Å². The summed E-state index contributed by atoms with van der Waals surface area (Å²) in [4.78, 5) is 10.1. The second-order valence-electron chi connectivity index (χ2n) is 23.6. The first kappa shape index (κ1) is 51.2. The van der Waals surface area contributed by atoms with Gasteiger partial charge in [-0.3, -0.25) is 4.57 Å². The van der Waals surface area contributed by atoms with Crippen LogP contribution in [0, 0.1) is 23.7 Å². The highest BCUT2D eigenvalue weighted by Gasteiger charge is 2.50. The van der Waals surface area contributed by atoms with Crippen molar-refractivity contribution in [1.29, 1.82) is 0 Å². The molecule has 0 atom stereocenters. The van der Waals surface area contributed by atoms with Crippen LogP contribution in [0.25, 0.3) is 38.8 Å². The third kappa shape index (κ3) is 8.69. The van der Waals surface area contributed by atoms with Crippen LogP contribution in [-0.2, 0) is 16.2 Å². The van der Waals surface area contributed by atoms with Gasteiger partial charge in [0.15, 0.2) is 0 Å². The van der Waals surface area contributed by atoms with Gasteiger partial charge in [-0.25, -0.2) is 4.98 Å². The second kappa shape index (κ2) is 20.2. The number of nitrogens with zero attached hydrogens (tertiary/aromatic N) is 4. The fourth-order valence-electron chi connectivity index (χ4n) is 13.7. The first-order valence-corrected chi connectivity index (χ1v) is 27.9. The summed E-state index contributed by atoms with van der Waals surface area (Å²) in [5.41, 5.74) is 15.1. The van der Waals surface area contributed by atoms with E-state index in [1.165, 1.54) is 55.7 Å². The Labute approximate surface area is 457 Å². The molecule has 0 radical (unpaired) electrons. The fourth-order valence-corrected chi connectivity index (χ4v) is 13.7. The summed E-state index contributed by atoms with van der Waals surface area (Å²) in [5.74, 6) is 3.37. The molecular weight excluding hydrogens is 937 g/mol. The van der Waals surface area contributed by atoms with Gasteiger partial charge in [0.25, 0.3) is 0 Å². The maximum absolute atomic E-state index is 6.96. The van der Waals surface area contributed by atoms with Crippen LogP contribution in [0.2, 0.25) is 0 Å². The number of ether oxygens (including phenoxy) is 1. The molecule has 3 heterocycles. The van der Waals surface area contributed by atoms with Gasteiger partial charge in [-0.2, -0.15) is 0 Å². The third-order valence-electron chi connectivity index (χ3n) is 17.1. The molecule has 11 rings (SSSR count). The molecule has 8 aromatic carbocycles. The van der Waals surface area contributed by atoms with Crippen LogP contribution < -0.4 is 14.5 Å². The van der Waals surface area contributed by atoms with E-state index in [1.807, 2.05) is 6.20 Å². The normalized spacial score (nSPS) is 13.2. The van der Waals surface area contributed by atoms with Crippen molar-refractivity contribution in [3.05, 3.63) is 240 Å². The number of aromatic nitrogens is 2. The minimum atomic E-state index is -0.388. The SMILES string of the molecule is CC(C)C(c1ccccc1)(c1cc(-c2ccccc2)cc(C(c2ccccc2)(C(C)C)C(C)C)c1N1CN(c2cccc(Oc3ccc4c5ccccc5n(-c5cc(C(C)(C)C)ccn5)c4c3)c2)c2ccccc21)C(C)C. The minimum absolute atomic E-state index is 0.0238. The van der Waals surface area contributed by atoms with Crippen LogP contribution >= 0.6 is 0 Å². The number of rotatable bonds is 14. The number of hydrogen-bond acceptors (Lipinski definition) is 4. The molecule has 0 amide bonds. The standard InChI is InChI=1S/C72H74N4O/c1-48(2)71(49(3)4,54-28-17-13-18-29-54)62-42-53(52-26-15-12-16-27-52)43-63(72(50(5)6,51(7)8)55-30-19-14-20-31-55)69(62)75-47-74(65-36-23-24-37-66(65)75)57-32-25-33-58(45-57)77-59-38-39-61-60-34-21-22-35-64(60)76(67(61)46-59)68-44-56(40-41-73-68)70(9,10)11/h12-46,48-51H,47H2,1-11H3. The zero-order valence-electron chi connectivity index (χ0n) is 46.9. The zero-order valence-corrected chi connectivity index (χ0v) is 46.9. The van der Waals surface area contributed by atoms with E-state index in [4.69, 9.17) is 9.72 Å². The summed E-state index contributed by atoms with van der Waals surface area (Å²) < 4.78 is 9.24. The van der Waals surface area contributed by atoms with Crippen LogP contribution in [-0.4, -0.2) is 16.2 Å². The Hall–Kier alpha value is -7.89. The van der Waals surface area contributed by atoms with Gasteiger partial charge in [-0.1, -0.05) is 204 Å². The summed E-state index contributed by atoms with van der Waals surface area (Å²) >= 11 is 0. The van der Waals surface area contributed by atoms with Crippen LogP contribution in [0.4, 0.5) is 22.7 Å². The Bertz CT molecular complexity index is 3610. The maximum Gasteiger partial charge on any atom is 0.137 e. The molecular formula is C72H74N4O. The van der Waals surface area contributed by atoms with Crippen molar-refractivity contribution in [2.75, 3.05) is 16.5 Å². The number of benzene rings is 8. The van der Waals surface area contributed by atoms with Gasteiger partial charge in [-0.15, -0.1) is 0 Å². The first-order chi connectivity index (χ1) is 37.1. The molecule has 0 saturated carbocycles. The molecule has 0 bridgehead atoms. The van der Waals surface area contributed by atoms with E-state index in [0.717, 1.165) is 45.1 Å². The average molecular weight is 1010 g/mol. The Balaban J connectivity index is 1.10. The lowest BCUT2D eigenvalue weighted by Gasteiger charge is -2.49. The topological polar surface area (TPSA) is 33.5 Å². The van der Waals surface area contributed by atoms with E-state index in [9.17, 15) is 0 Å². The minimum Gasteiger partial charge on any atom is -0.457 e. The molecule has 2 aromatic heterocycles. The van der Waals surface area contributed by atoms with Crippen LogP contribution in [0.15, 0.2) is 212 Å². The molecule has 77 heavy (non-hydrogen) atoms. The molecule has 0 fully saturated rings. The van der Waals surface area contributed by atoms with Crippen molar-refractivity contribution < 1.29 is 4.74 Å². The maximum atomic E-state index is 6.96. The molecule has 5 nitrogen and oxygen atoms in total. The van der Waals surface area contributed by atoms with E-state index < -0.39 is 0 Å². The monoisotopic (exact) mass is 1010 g/mol. The van der Waals surface area contributed by atoms with Crippen molar-refractivity contribution in [3.63, 3.8) is 0 Å². The van der Waals surface area contributed by atoms with E-state index in [-0.39, 0.29) is 39.9 Å². The number of anilines is 4. The third-order valence-corrected chi connectivity index (χ3v) is 17.1. The number of fused-ring (bicyclic) bond motifs is 4. The summed E-state index contributed by atoms with van der Waals surface area (Å²) in [6.07, 6.45) is 1.93. The van der Waals surface area contributed by atoms with Crippen molar-refractivity contribution in [3.8, 4) is 28.4 Å². The van der Waals surface area contributed by atoms with E-state index >= 15 is 0 Å². The largest absolute Gasteiger partial charge is 0.457 e. The van der Waals surface area contributed by atoms with Crippen molar-refractivity contribution in [2.24, 2.45) is 23.7 Å². The van der Waals surface area contributed by atoms with Crippen molar-refractivity contribution in [2.45, 2.75) is 92.4 Å². The van der Waals surface area contributed by atoms with E-state index in [1.54, 1.807) is 0 Å². The lowest BCUT2D eigenvalue weighted by molar-refractivity contribution is 0.265. The highest BCUT2D eigenvalue weighted by molar-refractivity contribution is 6.09. The summed E-state index contributed by atoms with van der Waals surface area (Å²) in [6, 6.07) is 76.1. The predicted octanol–water partition coefficient (Wildman–Crippen LogP) is 19.4. The number of para-hydroxylation sites is 3. The van der Waals surface area contributed by atoms with Gasteiger partial charge in [0.05, 0.1) is 28.1 Å². The lowest BCUT2D eigenvalue weighted by atomic mass is 9.56. The fraction of sp³-hybridized carbons (Fsp3) is 0.264. The Kier molecular flexibility index (Phi) is 13.5. The highest BCUT2D eigenvalue weighted by atomic mass is 16.5. The van der Waals surface area contributed by atoms with Crippen LogP contribution in [0.3, 0.4) is 0 Å². The lowest BCUT2D eigenvalue weighted by Crippen LogP contribution is -2.44. The number of pyridine rings is 1. The van der Waals surface area contributed by atoms with Gasteiger partial charge >= 0.3 is 0 Å². The molecule has 10 aromatic rings. The first-order valence-electron chi connectivity index (χ1n) is 27.9. The second-order valence-corrected chi connectivity index (χ2v) is 23.6. The molecule has 1 aliphatic heterocycles. The smallest absolute Gasteiger partial charge is 0.137 e. The van der Waals surface area contributed by atoms with Gasteiger partial charge in [0.2, 0.25) is 0 Å². The molecule has 0 N–H and O–H groups in total. The molecule has 0 aliphatic carbocycles. The summed E-state index contributed by atoms with van der Waals surface area (Å²) in [5, 5.41) is 2.34.